The van der Waals surface area contributed by atoms with E-state index in [1.807, 2.05) is 17.9 Å². The molecule has 0 aliphatic heterocycles. The molecule has 0 saturated heterocycles. The number of ketones is 1. The van der Waals surface area contributed by atoms with Crippen LogP contribution in [0, 0.1) is 10.1 Å². The van der Waals surface area contributed by atoms with Gasteiger partial charge in [0.1, 0.15) is 5.76 Å². The molecular formula is C15H16N2O4. The molecule has 1 aromatic heterocycles. The SMILES string of the molecule is CCN(CC(=O)c1ccc([N+](=O)[O-])cc1)Cc1ccco1. The van der Waals surface area contributed by atoms with Crippen molar-refractivity contribution in [2.45, 2.75) is 13.5 Å². The summed E-state index contributed by atoms with van der Waals surface area (Å²) in [5.74, 6) is 0.728. The standard InChI is InChI=1S/C15H16N2O4/c1-2-16(10-14-4-3-9-21-14)11-15(18)12-5-7-13(8-6-12)17(19)20/h3-9H,2,10-11H2,1H3. The lowest BCUT2D eigenvalue weighted by molar-refractivity contribution is -0.384. The molecule has 0 atom stereocenters. The van der Waals surface area contributed by atoms with Crippen LogP contribution in [0.3, 0.4) is 0 Å². The Morgan fingerprint density at radius 3 is 2.52 bits per heavy atom. The minimum Gasteiger partial charge on any atom is -0.468 e. The Morgan fingerprint density at radius 1 is 1.29 bits per heavy atom. The molecule has 0 aliphatic rings. The van der Waals surface area contributed by atoms with Crippen LogP contribution in [0.5, 0.6) is 0 Å². The Labute approximate surface area is 122 Å². The van der Waals surface area contributed by atoms with Crippen LogP contribution in [-0.2, 0) is 6.54 Å². The molecule has 0 spiro atoms. The Kier molecular flexibility index (Phi) is 4.84. The molecule has 0 N–H and O–H groups in total. The average Bonchev–Trinajstić information content (AvgIpc) is 2.99. The van der Waals surface area contributed by atoms with E-state index in [0.29, 0.717) is 18.7 Å². The van der Waals surface area contributed by atoms with E-state index in [1.165, 1.54) is 24.3 Å². The van der Waals surface area contributed by atoms with Crippen molar-refractivity contribution in [1.82, 2.24) is 4.90 Å². The fourth-order valence-electron chi connectivity index (χ4n) is 1.97. The second kappa shape index (κ2) is 6.81. The van der Waals surface area contributed by atoms with Crippen LogP contribution < -0.4 is 0 Å². The number of benzene rings is 1. The topological polar surface area (TPSA) is 76.6 Å². The normalized spacial score (nSPS) is 10.8. The first-order valence-corrected chi connectivity index (χ1v) is 6.62. The van der Waals surface area contributed by atoms with Gasteiger partial charge < -0.3 is 4.42 Å². The first-order chi connectivity index (χ1) is 10.1. The number of Topliss-reactive ketones (excluding diaryl/α,β-unsaturated/α-hetero) is 1. The fourth-order valence-corrected chi connectivity index (χ4v) is 1.97. The van der Waals surface area contributed by atoms with Crippen molar-refractivity contribution in [3.8, 4) is 0 Å². The molecule has 1 heterocycles. The summed E-state index contributed by atoms with van der Waals surface area (Å²) in [5, 5.41) is 10.6. The maximum Gasteiger partial charge on any atom is 0.269 e. The zero-order valence-corrected chi connectivity index (χ0v) is 11.7. The van der Waals surface area contributed by atoms with Crippen LogP contribution in [-0.4, -0.2) is 28.7 Å². The maximum atomic E-state index is 12.2. The Morgan fingerprint density at radius 2 is 2.00 bits per heavy atom. The summed E-state index contributed by atoms with van der Waals surface area (Å²) in [4.78, 5) is 24.2. The van der Waals surface area contributed by atoms with E-state index in [4.69, 9.17) is 4.42 Å². The number of hydrogen-bond donors (Lipinski definition) is 0. The second-order valence-corrected chi connectivity index (χ2v) is 4.61. The number of furan rings is 1. The molecule has 21 heavy (non-hydrogen) atoms. The Bertz CT molecular complexity index is 605. The van der Waals surface area contributed by atoms with Gasteiger partial charge in [-0.15, -0.1) is 0 Å². The van der Waals surface area contributed by atoms with Crippen molar-refractivity contribution < 1.29 is 14.1 Å². The van der Waals surface area contributed by atoms with Gasteiger partial charge in [0, 0.05) is 17.7 Å². The highest BCUT2D eigenvalue weighted by molar-refractivity contribution is 5.97. The fraction of sp³-hybridized carbons (Fsp3) is 0.267. The van der Waals surface area contributed by atoms with Gasteiger partial charge in [-0.2, -0.15) is 0 Å². The summed E-state index contributed by atoms with van der Waals surface area (Å²) in [6.45, 7) is 3.47. The molecule has 110 valence electrons. The van der Waals surface area contributed by atoms with Crippen molar-refractivity contribution in [3.63, 3.8) is 0 Å². The van der Waals surface area contributed by atoms with Crippen LogP contribution in [0.1, 0.15) is 23.0 Å². The quantitative estimate of drug-likeness (QED) is 0.445. The van der Waals surface area contributed by atoms with E-state index in [-0.39, 0.29) is 18.0 Å². The van der Waals surface area contributed by atoms with Crippen LogP contribution in [0.2, 0.25) is 0 Å². The molecule has 0 amide bonds. The molecule has 0 saturated carbocycles. The lowest BCUT2D eigenvalue weighted by Crippen LogP contribution is -2.29. The predicted molar refractivity (Wildman–Crippen MR) is 77.1 cm³/mol. The summed E-state index contributed by atoms with van der Waals surface area (Å²) >= 11 is 0. The molecule has 1 aromatic carbocycles. The highest BCUT2D eigenvalue weighted by atomic mass is 16.6. The maximum absolute atomic E-state index is 12.2. The third-order valence-corrected chi connectivity index (χ3v) is 3.17. The number of non-ortho nitro benzene ring substituents is 1. The van der Waals surface area contributed by atoms with E-state index in [0.717, 1.165) is 5.76 Å². The van der Waals surface area contributed by atoms with E-state index in [2.05, 4.69) is 0 Å². The zero-order valence-electron chi connectivity index (χ0n) is 11.7. The van der Waals surface area contributed by atoms with Crippen molar-refractivity contribution in [2.24, 2.45) is 0 Å². The van der Waals surface area contributed by atoms with Gasteiger partial charge in [-0.05, 0) is 30.8 Å². The van der Waals surface area contributed by atoms with Crippen LogP contribution in [0.25, 0.3) is 0 Å². The molecule has 0 aliphatic carbocycles. The van der Waals surface area contributed by atoms with Crippen molar-refractivity contribution in [1.29, 1.82) is 0 Å². The summed E-state index contributed by atoms with van der Waals surface area (Å²) in [6, 6.07) is 9.33. The average molecular weight is 288 g/mol. The van der Waals surface area contributed by atoms with E-state index in [9.17, 15) is 14.9 Å². The predicted octanol–water partition coefficient (Wildman–Crippen LogP) is 2.89. The smallest absolute Gasteiger partial charge is 0.269 e. The molecule has 2 rings (SSSR count). The van der Waals surface area contributed by atoms with Gasteiger partial charge in [0.05, 0.1) is 24.3 Å². The molecule has 0 unspecified atom stereocenters. The number of carbonyl (C=O) groups is 1. The van der Waals surface area contributed by atoms with Gasteiger partial charge in [0.25, 0.3) is 5.69 Å². The monoisotopic (exact) mass is 288 g/mol. The van der Waals surface area contributed by atoms with E-state index >= 15 is 0 Å². The number of rotatable bonds is 7. The number of likely N-dealkylation sites (N-methyl/N-ethyl adjacent to an activating group) is 1. The van der Waals surface area contributed by atoms with Crippen molar-refractivity contribution in [2.75, 3.05) is 13.1 Å². The number of nitrogens with zero attached hydrogens (tertiary/aromatic N) is 2. The largest absolute Gasteiger partial charge is 0.468 e. The second-order valence-electron chi connectivity index (χ2n) is 4.61. The summed E-state index contributed by atoms with van der Waals surface area (Å²) in [7, 11) is 0. The molecule has 0 bridgehead atoms. The molecular weight excluding hydrogens is 272 g/mol. The van der Waals surface area contributed by atoms with Crippen LogP contribution >= 0.6 is 0 Å². The molecule has 6 heteroatoms. The van der Waals surface area contributed by atoms with E-state index in [1.54, 1.807) is 12.3 Å². The van der Waals surface area contributed by atoms with Gasteiger partial charge >= 0.3 is 0 Å². The van der Waals surface area contributed by atoms with Crippen molar-refractivity contribution >= 4 is 11.5 Å². The molecule has 0 fully saturated rings. The number of carbonyl (C=O) groups excluding carboxylic acids is 1. The molecule has 0 radical (unpaired) electrons. The lowest BCUT2D eigenvalue weighted by Gasteiger charge is -2.18. The van der Waals surface area contributed by atoms with Gasteiger partial charge in [-0.1, -0.05) is 6.92 Å². The lowest BCUT2D eigenvalue weighted by atomic mass is 10.1. The molecule has 2 aromatic rings. The summed E-state index contributed by atoms with van der Waals surface area (Å²) in [5.41, 5.74) is 0.452. The van der Waals surface area contributed by atoms with Gasteiger partial charge in [0.15, 0.2) is 5.78 Å². The van der Waals surface area contributed by atoms with E-state index < -0.39 is 4.92 Å². The Balaban J connectivity index is 2.00. The zero-order chi connectivity index (χ0) is 15.2. The third-order valence-electron chi connectivity index (χ3n) is 3.17. The van der Waals surface area contributed by atoms with Gasteiger partial charge in [-0.25, -0.2) is 0 Å². The third kappa shape index (κ3) is 4.00. The summed E-state index contributed by atoms with van der Waals surface area (Å²) < 4.78 is 5.27. The first-order valence-electron chi connectivity index (χ1n) is 6.62. The Hall–Kier alpha value is -2.47. The number of nitro benzene ring substituents is 1. The minimum absolute atomic E-state index is 0.0190. The number of nitro groups is 1. The summed E-state index contributed by atoms with van der Waals surface area (Å²) in [6.07, 6.45) is 1.60. The van der Waals surface area contributed by atoms with Crippen molar-refractivity contribution in [3.05, 3.63) is 64.1 Å². The minimum atomic E-state index is -0.483. The van der Waals surface area contributed by atoms with Gasteiger partial charge in [0.2, 0.25) is 0 Å². The molecule has 6 nitrogen and oxygen atoms in total. The highest BCUT2D eigenvalue weighted by Gasteiger charge is 2.14. The highest BCUT2D eigenvalue weighted by Crippen LogP contribution is 2.13. The number of hydrogen-bond acceptors (Lipinski definition) is 5. The first kappa shape index (κ1) is 14.9. The van der Waals surface area contributed by atoms with Gasteiger partial charge in [-0.3, -0.25) is 19.8 Å². The van der Waals surface area contributed by atoms with Crippen LogP contribution in [0.15, 0.2) is 47.1 Å². The van der Waals surface area contributed by atoms with Crippen LogP contribution in [0.4, 0.5) is 5.69 Å².